The molecule has 0 spiro atoms. The third-order valence-electron chi connectivity index (χ3n) is 5.48. The number of hydrogen-bond acceptors (Lipinski definition) is 4. The maximum Gasteiger partial charge on any atom is 0.416 e. The van der Waals surface area contributed by atoms with Crippen molar-refractivity contribution in [1.29, 1.82) is 0 Å². The number of urea groups is 1. The fraction of sp³-hybridized carbons (Fsp3) is 0.208. The fourth-order valence-electron chi connectivity index (χ4n) is 3.75. The normalized spacial score (nSPS) is 12.3. The first-order chi connectivity index (χ1) is 17.3. The summed E-state index contributed by atoms with van der Waals surface area (Å²) in [4.78, 5) is 40.1. The van der Waals surface area contributed by atoms with Crippen LogP contribution in [0.4, 0.5) is 33.7 Å². The Labute approximate surface area is 208 Å². The highest BCUT2D eigenvalue weighted by molar-refractivity contribution is 6.01. The van der Waals surface area contributed by atoms with E-state index in [1.807, 2.05) is 5.32 Å². The number of anilines is 2. The summed E-state index contributed by atoms with van der Waals surface area (Å²) in [7, 11) is 3.38. The molecule has 1 heterocycles. The monoisotopic (exact) mass is 521 g/mol. The Morgan fingerprint density at radius 1 is 1.08 bits per heavy atom. The Morgan fingerprint density at radius 2 is 1.73 bits per heavy atom. The second-order valence-electron chi connectivity index (χ2n) is 8.28. The van der Waals surface area contributed by atoms with Crippen molar-refractivity contribution in [2.45, 2.75) is 18.6 Å². The SMILES string of the molecule is CN(C)C(CC(=O)O)c1c[nH]c(C(N)=O)c1-c1ccc(NC(=O)Nc2cc(C(F)(F)F)ccc2F)cc1. The standard InChI is InChI=1S/C24H23F4N5O4/c1-33(2)18(10-19(34)35)15-11-30-21(22(29)36)20(15)12-3-6-14(7-4-12)31-23(37)32-17-9-13(24(26,27)28)5-8-16(17)25/h3-9,11,18,30H,10H2,1-2H3,(H2,29,36)(H,34,35)(H2,31,32,37). The van der Waals surface area contributed by atoms with Gasteiger partial charge in [-0.15, -0.1) is 0 Å². The number of alkyl halides is 3. The zero-order valence-electron chi connectivity index (χ0n) is 19.6. The van der Waals surface area contributed by atoms with Crippen molar-refractivity contribution in [3.05, 3.63) is 71.3 Å². The van der Waals surface area contributed by atoms with E-state index in [1.165, 1.54) is 30.5 Å². The van der Waals surface area contributed by atoms with Crippen LogP contribution in [-0.4, -0.2) is 47.0 Å². The van der Waals surface area contributed by atoms with E-state index in [2.05, 4.69) is 10.3 Å². The van der Waals surface area contributed by atoms with Crippen LogP contribution in [-0.2, 0) is 11.0 Å². The fourth-order valence-corrected chi connectivity index (χ4v) is 3.75. The molecule has 0 aliphatic rings. The molecule has 196 valence electrons. The van der Waals surface area contributed by atoms with Crippen molar-refractivity contribution in [2.24, 2.45) is 5.73 Å². The van der Waals surface area contributed by atoms with Gasteiger partial charge in [-0.25, -0.2) is 9.18 Å². The van der Waals surface area contributed by atoms with E-state index in [9.17, 15) is 37.1 Å². The average Bonchev–Trinajstić information content (AvgIpc) is 3.23. The molecule has 3 rings (SSSR count). The zero-order valence-corrected chi connectivity index (χ0v) is 19.6. The van der Waals surface area contributed by atoms with Crippen LogP contribution >= 0.6 is 0 Å². The number of aromatic nitrogens is 1. The largest absolute Gasteiger partial charge is 0.481 e. The second kappa shape index (κ2) is 10.7. The van der Waals surface area contributed by atoms with Crippen molar-refractivity contribution < 1.29 is 37.1 Å². The molecule has 0 radical (unpaired) electrons. The van der Waals surface area contributed by atoms with Gasteiger partial charge in [0.1, 0.15) is 11.5 Å². The van der Waals surface area contributed by atoms with Crippen molar-refractivity contribution in [3.8, 4) is 11.1 Å². The summed E-state index contributed by atoms with van der Waals surface area (Å²) >= 11 is 0. The van der Waals surface area contributed by atoms with Gasteiger partial charge >= 0.3 is 18.2 Å². The van der Waals surface area contributed by atoms with Crippen LogP contribution in [0.3, 0.4) is 0 Å². The number of nitrogens with one attached hydrogen (secondary N) is 3. The molecule has 1 unspecified atom stereocenters. The van der Waals surface area contributed by atoms with Gasteiger partial charge in [0.25, 0.3) is 5.91 Å². The van der Waals surface area contributed by atoms with E-state index in [0.29, 0.717) is 34.9 Å². The number of amides is 3. The summed E-state index contributed by atoms with van der Waals surface area (Å²) in [5.74, 6) is -2.86. The molecule has 1 aromatic heterocycles. The van der Waals surface area contributed by atoms with Gasteiger partial charge in [0.15, 0.2) is 0 Å². The Hall–Kier alpha value is -4.39. The summed E-state index contributed by atoms with van der Waals surface area (Å²) in [5.41, 5.74) is 5.37. The zero-order chi connectivity index (χ0) is 27.5. The van der Waals surface area contributed by atoms with Crippen molar-refractivity contribution >= 4 is 29.3 Å². The van der Waals surface area contributed by atoms with Gasteiger partial charge in [0.05, 0.1) is 17.7 Å². The number of carboxylic acids is 1. The lowest BCUT2D eigenvalue weighted by Crippen LogP contribution is -2.23. The Balaban J connectivity index is 1.85. The number of hydrogen-bond donors (Lipinski definition) is 5. The summed E-state index contributed by atoms with van der Waals surface area (Å²) in [6.07, 6.45) is -3.46. The van der Waals surface area contributed by atoms with Crippen LogP contribution in [0, 0.1) is 5.82 Å². The minimum atomic E-state index is -4.71. The van der Waals surface area contributed by atoms with E-state index >= 15 is 0 Å². The maximum absolute atomic E-state index is 13.9. The molecule has 2 aromatic carbocycles. The molecule has 0 aliphatic carbocycles. The molecule has 1 atom stereocenters. The van der Waals surface area contributed by atoms with Gasteiger partial charge in [-0.05, 0) is 55.6 Å². The Kier molecular flexibility index (Phi) is 7.87. The van der Waals surface area contributed by atoms with Crippen LogP contribution in [0.15, 0.2) is 48.7 Å². The first-order valence-corrected chi connectivity index (χ1v) is 10.7. The number of carbonyl (C=O) groups excluding carboxylic acids is 2. The number of rotatable bonds is 8. The number of carboxylic acid groups (broad SMARTS) is 1. The highest BCUT2D eigenvalue weighted by atomic mass is 19.4. The number of aromatic amines is 1. The molecular weight excluding hydrogens is 498 g/mol. The number of aliphatic carboxylic acids is 1. The summed E-state index contributed by atoms with van der Waals surface area (Å²) in [6, 6.07) is 6.02. The van der Waals surface area contributed by atoms with Crippen molar-refractivity contribution in [2.75, 3.05) is 24.7 Å². The lowest BCUT2D eigenvalue weighted by atomic mass is 9.94. The molecule has 0 saturated heterocycles. The number of benzene rings is 2. The van der Waals surface area contributed by atoms with Crippen LogP contribution in [0.5, 0.6) is 0 Å². The number of H-pyrrole nitrogens is 1. The smallest absolute Gasteiger partial charge is 0.416 e. The predicted molar refractivity (Wildman–Crippen MR) is 127 cm³/mol. The molecule has 9 nitrogen and oxygen atoms in total. The minimum absolute atomic E-state index is 0.0608. The van der Waals surface area contributed by atoms with Gasteiger partial charge in [-0.1, -0.05) is 12.1 Å². The predicted octanol–water partition coefficient (Wildman–Crippen LogP) is 4.66. The van der Waals surface area contributed by atoms with Crippen LogP contribution in [0.2, 0.25) is 0 Å². The molecule has 0 aliphatic heterocycles. The molecule has 0 saturated carbocycles. The molecule has 0 bridgehead atoms. The summed E-state index contributed by atoms with van der Waals surface area (Å²) < 4.78 is 52.6. The van der Waals surface area contributed by atoms with E-state index < -0.39 is 47.2 Å². The lowest BCUT2D eigenvalue weighted by Gasteiger charge is -2.23. The number of halogens is 4. The van der Waals surface area contributed by atoms with Gasteiger partial charge in [-0.2, -0.15) is 13.2 Å². The van der Waals surface area contributed by atoms with Gasteiger partial charge in [-0.3, -0.25) is 9.59 Å². The molecule has 37 heavy (non-hydrogen) atoms. The first-order valence-electron chi connectivity index (χ1n) is 10.7. The van der Waals surface area contributed by atoms with Crippen LogP contribution < -0.4 is 16.4 Å². The molecule has 0 fully saturated rings. The molecule has 6 N–H and O–H groups in total. The average molecular weight is 521 g/mol. The van der Waals surface area contributed by atoms with E-state index in [-0.39, 0.29) is 17.8 Å². The molecule has 13 heteroatoms. The Bertz CT molecular complexity index is 1320. The molecule has 3 amide bonds. The number of nitrogens with two attached hydrogens (primary N) is 1. The van der Waals surface area contributed by atoms with E-state index in [1.54, 1.807) is 19.0 Å². The summed E-state index contributed by atoms with van der Waals surface area (Å²) in [5, 5.41) is 13.7. The molecular formula is C24H23F4N5O4. The highest BCUT2D eigenvalue weighted by Gasteiger charge is 2.31. The van der Waals surface area contributed by atoms with Gasteiger partial charge < -0.3 is 31.4 Å². The van der Waals surface area contributed by atoms with Crippen molar-refractivity contribution in [3.63, 3.8) is 0 Å². The van der Waals surface area contributed by atoms with Crippen LogP contribution in [0.25, 0.3) is 11.1 Å². The maximum atomic E-state index is 13.9. The van der Waals surface area contributed by atoms with E-state index in [4.69, 9.17) is 5.73 Å². The minimum Gasteiger partial charge on any atom is -0.481 e. The third kappa shape index (κ3) is 6.44. The lowest BCUT2D eigenvalue weighted by molar-refractivity contribution is -0.138. The van der Waals surface area contributed by atoms with E-state index in [0.717, 1.165) is 0 Å². The van der Waals surface area contributed by atoms with Crippen molar-refractivity contribution in [1.82, 2.24) is 9.88 Å². The summed E-state index contributed by atoms with van der Waals surface area (Å²) in [6.45, 7) is 0. The third-order valence-corrected chi connectivity index (χ3v) is 5.48. The number of nitrogens with zero attached hydrogens (tertiary/aromatic N) is 1. The second-order valence-corrected chi connectivity index (χ2v) is 8.28. The number of primary amides is 1. The Morgan fingerprint density at radius 3 is 2.27 bits per heavy atom. The number of carbonyl (C=O) groups is 3. The van der Waals surface area contributed by atoms with Gasteiger partial charge in [0.2, 0.25) is 0 Å². The quantitative estimate of drug-likeness (QED) is 0.274. The first kappa shape index (κ1) is 27.2. The highest BCUT2D eigenvalue weighted by Crippen LogP contribution is 2.36. The van der Waals surface area contributed by atoms with Crippen LogP contribution in [0.1, 0.15) is 34.1 Å². The van der Waals surface area contributed by atoms with Gasteiger partial charge in [0, 0.05) is 23.5 Å². The topological polar surface area (TPSA) is 141 Å². The molecule has 3 aromatic rings.